The van der Waals surface area contributed by atoms with Crippen molar-refractivity contribution in [3.8, 4) is 28.3 Å². The van der Waals surface area contributed by atoms with Gasteiger partial charge < -0.3 is 4.57 Å². The Morgan fingerprint density at radius 3 is 1.55 bits per heavy atom. The van der Waals surface area contributed by atoms with E-state index in [1.807, 2.05) is 48.5 Å². The van der Waals surface area contributed by atoms with E-state index in [1.165, 1.54) is 21.8 Å². The fraction of sp³-hybridized carbons (Fsp3) is 0. The molecule has 0 saturated carbocycles. The first-order valence-corrected chi connectivity index (χ1v) is 17.7. The molecule has 0 unspecified atom stereocenters. The average molecular weight is 680 g/mol. The lowest BCUT2D eigenvalue weighted by Gasteiger charge is -2.14. The predicted octanol–water partition coefficient (Wildman–Crippen LogP) is 10.8. The highest BCUT2D eigenvalue weighted by Gasteiger charge is 2.19. The molecular formula is C47H29N5O. The summed E-state index contributed by atoms with van der Waals surface area (Å²) in [6, 6.07) is 58.6. The first kappa shape index (κ1) is 29.4. The van der Waals surface area contributed by atoms with Gasteiger partial charge in [-0.3, -0.25) is 18.9 Å². The van der Waals surface area contributed by atoms with Crippen LogP contribution in [0, 0.1) is 0 Å². The summed E-state index contributed by atoms with van der Waals surface area (Å²) in [7, 11) is 0. The standard InChI is InChI=1S/C47H29N5O/c53-47-36-18-11-27-48-45(36)46-43(51(47)33-14-5-2-6-15-33)25-26-44(49-46)52-40-20-10-8-17-35(40)38-29-31(22-24-42(38)52)30-21-23-41-37(28-30)34-16-7-9-19-39(34)50(41)32-12-3-1-4-13-32/h1-29H. The molecule has 0 bridgehead atoms. The van der Waals surface area contributed by atoms with Gasteiger partial charge in [0.1, 0.15) is 16.9 Å². The molecule has 0 aliphatic heterocycles. The van der Waals surface area contributed by atoms with Crippen LogP contribution in [0.3, 0.4) is 0 Å². The highest BCUT2D eigenvalue weighted by molar-refractivity contribution is 6.13. The molecule has 11 rings (SSSR count). The van der Waals surface area contributed by atoms with E-state index in [0.717, 1.165) is 50.1 Å². The molecule has 11 aromatic rings. The Hall–Kier alpha value is -7.31. The smallest absolute Gasteiger partial charge is 0.265 e. The highest BCUT2D eigenvalue weighted by Crippen LogP contribution is 2.38. The maximum atomic E-state index is 13.8. The van der Waals surface area contributed by atoms with Gasteiger partial charge in [-0.2, -0.15) is 0 Å². The van der Waals surface area contributed by atoms with Crippen LogP contribution in [0.25, 0.3) is 93.9 Å². The topological polar surface area (TPSA) is 57.6 Å². The normalized spacial score (nSPS) is 11.8. The molecule has 5 aromatic heterocycles. The van der Waals surface area contributed by atoms with Gasteiger partial charge in [0.2, 0.25) is 0 Å². The van der Waals surface area contributed by atoms with Gasteiger partial charge in [0.05, 0.1) is 33.0 Å². The van der Waals surface area contributed by atoms with E-state index >= 15 is 0 Å². The first-order chi connectivity index (χ1) is 26.2. The Morgan fingerprint density at radius 2 is 0.887 bits per heavy atom. The third-order valence-corrected chi connectivity index (χ3v) is 10.5. The van der Waals surface area contributed by atoms with E-state index in [1.54, 1.807) is 16.8 Å². The number of para-hydroxylation sites is 4. The van der Waals surface area contributed by atoms with E-state index < -0.39 is 0 Å². The molecule has 6 nitrogen and oxygen atoms in total. The summed E-state index contributed by atoms with van der Waals surface area (Å²) in [6.07, 6.45) is 1.72. The quantitative estimate of drug-likeness (QED) is 0.174. The van der Waals surface area contributed by atoms with Gasteiger partial charge in [0, 0.05) is 39.1 Å². The molecule has 0 saturated heterocycles. The van der Waals surface area contributed by atoms with E-state index in [0.29, 0.717) is 21.9 Å². The first-order valence-electron chi connectivity index (χ1n) is 17.7. The molecule has 0 fully saturated rings. The van der Waals surface area contributed by atoms with Crippen molar-refractivity contribution in [3.05, 3.63) is 186 Å². The minimum atomic E-state index is -0.117. The maximum absolute atomic E-state index is 13.8. The van der Waals surface area contributed by atoms with Crippen molar-refractivity contribution in [1.29, 1.82) is 0 Å². The van der Waals surface area contributed by atoms with Gasteiger partial charge in [-0.25, -0.2) is 4.98 Å². The van der Waals surface area contributed by atoms with Gasteiger partial charge in [0.15, 0.2) is 0 Å². The molecule has 5 heterocycles. The van der Waals surface area contributed by atoms with Crippen LogP contribution in [0.2, 0.25) is 0 Å². The molecular weight excluding hydrogens is 651 g/mol. The van der Waals surface area contributed by atoms with Gasteiger partial charge in [-0.05, 0) is 96.1 Å². The molecule has 0 amide bonds. The molecule has 0 spiro atoms. The van der Waals surface area contributed by atoms with Crippen LogP contribution in [-0.4, -0.2) is 23.7 Å². The van der Waals surface area contributed by atoms with Crippen LogP contribution in [-0.2, 0) is 0 Å². The molecule has 0 aliphatic carbocycles. The Morgan fingerprint density at radius 1 is 0.377 bits per heavy atom. The van der Waals surface area contributed by atoms with Crippen LogP contribution in [0.4, 0.5) is 0 Å². The Kier molecular flexibility index (Phi) is 6.30. The lowest BCUT2D eigenvalue weighted by molar-refractivity contribution is 1.04. The molecule has 6 heteroatoms. The third kappa shape index (κ3) is 4.36. The summed E-state index contributed by atoms with van der Waals surface area (Å²) in [5.41, 5.74) is 10.6. The Labute approximate surface area is 303 Å². The fourth-order valence-electron chi connectivity index (χ4n) is 8.16. The zero-order valence-corrected chi connectivity index (χ0v) is 28.4. The van der Waals surface area contributed by atoms with Crippen LogP contribution >= 0.6 is 0 Å². The minimum Gasteiger partial charge on any atom is -0.309 e. The molecule has 0 N–H and O–H groups in total. The van der Waals surface area contributed by atoms with Crippen molar-refractivity contribution in [2.24, 2.45) is 0 Å². The molecule has 0 atom stereocenters. The van der Waals surface area contributed by atoms with E-state index in [4.69, 9.17) is 4.98 Å². The fourth-order valence-corrected chi connectivity index (χ4v) is 8.16. The van der Waals surface area contributed by atoms with Crippen LogP contribution in [0.5, 0.6) is 0 Å². The van der Waals surface area contributed by atoms with Crippen LogP contribution < -0.4 is 5.56 Å². The molecule has 0 radical (unpaired) electrons. The maximum Gasteiger partial charge on any atom is 0.265 e. The number of pyridine rings is 3. The molecule has 248 valence electrons. The lowest BCUT2D eigenvalue weighted by atomic mass is 10.0. The van der Waals surface area contributed by atoms with Gasteiger partial charge in [-0.15, -0.1) is 0 Å². The van der Waals surface area contributed by atoms with Crippen LogP contribution in [0.15, 0.2) is 181 Å². The minimum absolute atomic E-state index is 0.117. The molecule has 6 aromatic carbocycles. The van der Waals surface area contributed by atoms with Crippen molar-refractivity contribution in [3.63, 3.8) is 0 Å². The number of hydrogen-bond acceptors (Lipinski definition) is 3. The third-order valence-electron chi connectivity index (χ3n) is 10.5. The second-order valence-corrected chi connectivity index (χ2v) is 13.4. The number of nitrogens with zero attached hydrogens (tertiary/aromatic N) is 5. The second-order valence-electron chi connectivity index (χ2n) is 13.4. The molecule has 53 heavy (non-hydrogen) atoms. The lowest BCUT2D eigenvalue weighted by Crippen LogP contribution is -2.20. The number of fused-ring (bicyclic) bond motifs is 9. The Bertz CT molecular complexity index is 3300. The summed E-state index contributed by atoms with van der Waals surface area (Å²) in [4.78, 5) is 23.8. The number of benzene rings is 6. The number of hydrogen-bond donors (Lipinski definition) is 0. The van der Waals surface area contributed by atoms with Crippen molar-refractivity contribution in [2.45, 2.75) is 0 Å². The van der Waals surface area contributed by atoms with E-state index in [-0.39, 0.29) is 5.56 Å². The summed E-state index contributed by atoms with van der Waals surface area (Å²) in [6.45, 7) is 0. The highest BCUT2D eigenvalue weighted by atomic mass is 16.1. The zero-order chi connectivity index (χ0) is 35.0. The zero-order valence-electron chi connectivity index (χ0n) is 28.4. The Balaban J connectivity index is 1.12. The van der Waals surface area contributed by atoms with Crippen molar-refractivity contribution >= 4 is 65.5 Å². The monoisotopic (exact) mass is 679 g/mol. The SMILES string of the molecule is O=c1c2cccnc2c2nc(-n3c4ccccc4c4cc(-c5ccc6c(c5)c5ccccc5n6-c5ccccc5)ccc43)ccc2n1-c1ccccc1. The number of rotatable bonds is 4. The van der Waals surface area contributed by atoms with Crippen molar-refractivity contribution in [2.75, 3.05) is 0 Å². The van der Waals surface area contributed by atoms with Gasteiger partial charge in [0.25, 0.3) is 5.56 Å². The summed E-state index contributed by atoms with van der Waals surface area (Å²) in [5, 5.41) is 5.27. The van der Waals surface area contributed by atoms with Gasteiger partial charge in [-0.1, -0.05) is 84.9 Å². The summed E-state index contributed by atoms with van der Waals surface area (Å²) >= 11 is 0. The number of aromatic nitrogens is 5. The predicted molar refractivity (Wildman–Crippen MR) is 217 cm³/mol. The average Bonchev–Trinajstić information content (AvgIpc) is 3.74. The van der Waals surface area contributed by atoms with Gasteiger partial charge >= 0.3 is 0 Å². The second kappa shape index (κ2) is 11.4. The van der Waals surface area contributed by atoms with E-state index in [9.17, 15) is 4.79 Å². The van der Waals surface area contributed by atoms with E-state index in [2.05, 4.69) is 129 Å². The largest absolute Gasteiger partial charge is 0.309 e. The summed E-state index contributed by atoms with van der Waals surface area (Å²) < 4.78 is 6.30. The summed E-state index contributed by atoms with van der Waals surface area (Å²) in [5.74, 6) is 0.761. The van der Waals surface area contributed by atoms with Crippen molar-refractivity contribution in [1.82, 2.24) is 23.7 Å². The van der Waals surface area contributed by atoms with Crippen LogP contribution in [0.1, 0.15) is 0 Å². The molecule has 0 aliphatic rings. The van der Waals surface area contributed by atoms with Crippen molar-refractivity contribution < 1.29 is 0 Å².